The molecule has 0 aliphatic heterocycles. The van der Waals surface area contributed by atoms with E-state index in [0.717, 1.165) is 12.0 Å². The van der Waals surface area contributed by atoms with Crippen LogP contribution in [0.2, 0.25) is 0 Å². The number of benzene rings is 1. The predicted octanol–water partition coefficient (Wildman–Crippen LogP) is 2.27. The fraction of sp³-hybridized carbons (Fsp3) is 0.467. The maximum atomic E-state index is 12.1. The van der Waals surface area contributed by atoms with Gasteiger partial charge in [0.15, 0.2) is 0 Å². The largest absolute Gasteiger partial charge is 0.326 e. The fourth-order valence-corrected chi connectivity index (χ4v) is 1.77. The predicted molar refractivity (Wildman–Crippen MR) is 81.5 cm³/mol. The van der Waals surface area contributed by atoms with E-state index < -0.39 is 6.04 Å². The van der Waals surface area contributed by atoms with Crippen molar-refractivity contribution in [1.82, 2.24) is 0 Å². The van der Waals surface area contributed by atoms with Crippen molar-refractivity contribution >= 4 is 23.2 Å². The van der Waals surface area contributed by atoms with Gasteiger partial charge in [0.05, 0.1) is 6.04 Å². The molecule has 0 saturated carbocycles. The van der Waals surface area contributed by atoms with Crippen LogP contribution >= 0.6 is 0 Å². The third kappa shape index (κ3) is 4.35. The molecule has 5 heteroatoms. The number of amides is 2. The molecular weight excluding hydrogens is 254 g/mol. The first-order chi connectivity index (χ1) is 9.35. The molecule has 0 heterocycles. The topological polar surface area (TPSA) is 84.2 Å². The van der Waals surface area contributed by atoms with Gasteiger partial charge in [0.2, 0.25) is 11.8 Å². The molecule has 0 unspecified atom stereocenters. The number of carbonyl (C=O) groups is 2. The summed E-state index contributed by atoms with van der Waals surface area (Å²) in [6.45, 7) is 7.28. The van der Waals surface area contributed by atoms with Gasteiger partial charge < -0.3 is 16.4 Å². The van der Waals surface area contributed by atoms with Crippen LogP contribution in [0, 0.1) is 12.8 Å². The van der Waals surface area contributed by atoms with Crippen LogP contribution in [0.4, 0.5) is 11.4 Å². The second-order valence-corrected chi connectivity index (χ2v) is 5.11. The highest BCUT2D eigenvalue weighted by Gasteiger charge is 2.20. The molecular formula is C15H23N3O2. The Bertz CT molecular complexity index is 500. The van der Waals surface area contributed by atoms with E-state index in [9.17, 15) is 9.59 Å². The first kappa shape index (κ1) is 16.2. The van der Waals surface area contributed by atoms with Crippen molar-refractivity contribution in [3.8, 4) is 0 Å². The molecule has 0 saturated heterocycles. The van der Waals surface area contributed by atoms with Gasteiger partial charge in [-0.1, -0.05) is 26.3 Å². The Morgan fingerprint density at radius 2 is 1.95 bits per heavy atom. The van der Waals surface area contributed by atoms with Gasteiger partial charge in [-0.05, 0) is 30.5 Å². The van der Waals surface area contributed by atoms with E-state index in [1.54, 1.807) is 12.1 Å². The van der Waals surface area contributed by atoms with E-state index >= 15 is 0 Å². The van der Waals surface area contributed by atoms with Crippen molar-refractivity contribution in [2.45, 2.75) is 40.2 Å². The molecule has 0 aliphatic rings. The van der Waals surface area contributed by atoms with Crippen molar-refractivity contribution in [1.29, 1.82) is 0 Å². The zero-order valence-electron chi connectivity index (χ0n) is 12.5. The molecule has 0 aromatic heterocycles. The molecule has 2 amide bonds. The number of nitrogens with one attached hydrogen (secondary N) is 2. The minimum absolute atomic E-state index is 0.119. The lowest BCUT2D eigenvalue weighted by molar-refractivity contribution is -0.118. The lowest BCUT2D eigenvalue weighted by atomic mass is 9.99. The van der Waals surface area contributed by atoms with Crippen LogP contribution in [0.3, 0.4) is 0 Å². The molecule has 0 spiro atoms. The zero-order chi connectivity index (χ0) is 15.3. The first-order valence-electron chi connectivity index (χ1n) is 6.79. The number of aryl methyl sites for hydroxylation is 1. The van der Waals surface area contributed by atoms with E-state index in [2.05, 4.69) is 10.6 Å². The Labute approximate surface area is 119 Å². The second-order valence-electron chi connectivity index (χ2n) is 5.11. The lowest BCUT2D eigenvalue weighted by Crippen LogP contribution is -2.40. The summed E-state index contributed by atoms with van der Waals surface area (Å²) >= 11 is 0. The van der Waals surface area contributed by atoms with E-state index in [1.165, 1.54) is 6.92 Å². The molecule has 0 radical (unpaired) electrons. The molecule has 2 atom stereocenters. The fourth-order valence-electron chi connectivity index (χ4n) is 1.77. The molecule has 1 rings (SSSR count). The summed E-state index contributed by atoms with van der Waals surface area (Å²) in [5, 5.41) is 5.51. The van der Waals surface area contributed by atoms with E-state index in [0.29, 0.717) is 11.4 Å². The van der Waals surface area contributed by atoms with Crippen molar-refractivity contribution in [2.75, 3.05) is 10.6 Å². The van der Waals surface area contributed by atoms with Crippen LogP contribution in [-0.4, -0.2) is 17.9 Å². The van der Waals surface area contributed by atoms with Gasteiger partial charge in [0.25, 0.3) is 0 Å². The number of rotatable bonds is 5. The van der Waals surface area contributed by atoms with Gasteiger partial charge >= 0.3 is 0 Å². The van der Waals surface area contributed by atoms with Crippen LogP contribution < -0.4 is 16.4 Å². The summed E-state index contributed by atoms with van der Waals surface area (Å²) in [5.74, 6) is -0.237. The summed E-state index contributed by atoms with van der Waals surface area (Å²) in [5.41, 5.74) is 8.14. The van der Waals surface area contributed by atoms with Crippen molar-refractivity contribution in [3.63, 3.8) is 0 Å². The van der Waals surface area contributed by atoms with Gasteiger partial charge in [0, 0.05) is 18.3 Å². The maximum absolute atomic E-state index is 12.1. The SMILES string of the molecule is CC[C@H](C)[C@H](N)C(=O)Nc1cc(NC(C)=O)ccc1C. The van der Waals surface area contributed by atoms with Gasteiger partial charge in [0.1, 0.15) is 0 Å². The summed E-state index contributed by atoms with van der Waals surface area (Å²) in [6.07, 6.45) is 0.847. The quantitative estimate of drug-likeness (QED) is 0.772. The molecule has 0 fully saturated rings. The Morgan fingerprint density at radius 1 is 1.30 bits per heavy atom. The monoisotopic (exact) mass is 277 g/mol. The van der Waals surface area contributed by atoms with Crippen LogP contribution in [0.1, 0.15) is 32.8 Å². The Balaban J connectivity index is 2.85. The molecule has 4 N–H and O–H groups in total. The summed E-state index contributed by atoms with van der Waals surface area (Å²) in [4.78, 5) is 23.1. The summed E-state index contributed by atoms with van der Waals surface area (Å²) in [7, 11) is 0. The Morgan fingerprint density at radius 3 is 2.50 bits per heavy atom. The lowest BCUT2D eigenvalue weighted by Gasteiger charge is -2.19. The number of carbonyl (C=O) groups excluding carboxylic acids is 2. The molecule has 0 aliphatic carbocycles. The van der Waals surface area contributed by atoms with E-state index in [-0.39, 0.29) is 17.7 Å². The molecule has 110 valence electrons. The van der Waals surface area contributed by atoms with Gasteiger partial charge in [-0.2, -0.15) is 0 Å². The van der Waals surface area contributed by atoms with Crippen molar-refractivity contribution in [3.05, 3.63) is 23.8 Å². The summed E-state index contributed by atoms with van der Waals surface area (Å²) in [6, 6.07) is 4.83. The molecule has 1 aromatic rings. The van der Waals surface area contributed by atoms with Crippen molar-refractivity contribution < 1.29 is 9.59 Å². The van der Waals surface area contributed by atoms with Crippen molar-refractivity contribution in [2.24, 2.45) is 11.7 Å². The van der Waals surface area contributed by atoms with Gasteiger partial charge in [-0.25, -0.2) is 0 Å². The standard InChI is InChI=1S/C15H23N3O2/c1-5-9(2)14(16)15(20)18-13-8-12(17-11(4)19)7-6-10(13)3/h6-9,14H,5,16H2,1-4H3,(H,17,19)(H,18,20)/t9-,14-/m0/s1. The molecule has 20 heavy (non-hydrogen) atoms. The number of hydrogen-bond donors (Lipinski definition) is 3. The highest BCUT2D eigenvalue weighted by Crippen LogP contribution is 2.21. The Hall–Kier alpha value is -1.88. The highest BCUT2D eigenvalue weighted by atomic mass is 16.2. The third-order valence-electron chi connectivity index (χ3n) is 3.38. The minimum Gasteiger partial charge on any atom is -0.326 e. The molecule has 1 aromatic carbocycles. The second kappa shape index (κ2) is 7.05. The third-order valence-corrected chi connectivity index (χ3v) is 3.38. The average Bonchev–Trinajstić information content (AvgIpc) is 2.40. The van der Waals surface area contributed by atoms with Crippen LogP contribution in [-0.2, 0) is 9.59 Å². The zero-order valence-corrected chi connectivity index (χ0v) is 12.5. The van der Waals surface area contributed by atoms with Crippen LogP contribution in [0.15, 0.2) is 18.2 Å². The van der Waals surface area contributed by atoms with Gasteiger partial charge in [-0.3, -0.25) is 9.59 Å². The summed E-state index contributed by atoms with van der Waals surface area (Å²) < 4.78 is 0. The minimum atomic E-state index is -0.538. The number of anilines is 2. The highest BCUT2D eigenvalue weighted by molar-refractivity contribution is 5.97. The van der Waals surface area contributed by atoms with Gasteiger partial charge in [-0.15, -0.1) is 0 Å². The van der Waals surface area contributed by atoms with E-state index in [1.807, 2.05) is 26.8 Å². The normalized spacial score (nSPS) is 13.4. The maximum Gasteiger partial charge on any atom is 0.241 e. The number of nitrogens with two attached hydrogens (primary N) is 1. The molecule has 0 bridgehead atoms. The average molecular weight is 277 g/mol. The Kier molecular flexibility index (Phi) is 5.70. The van der Waals surface area contributed by atoms with E-state index in [4.69, 9.17) is 5.73 Å². The first-order valence-corrected chi connectivity index (χ1v) is 6.79. The van der Waals surface area contributed by atoms with Crippen LogP contribution in [0.5, 0.6) is 0 Å². The molecule has 5 nitrogen and oxygen atoms in total. The number of hydrogen-bond acceptors (Lipinski definition) is 3. The smallest absolute Gasteiger partial charge is 0.241 e. The van der Waals surface area contributed by atoms with Crippen LogP contribution in [0.25, 0.3) is 0 Å².